The average molecular weight is 620 g/mol. The van der Waals surface area contributed by atoms with Crippen molar-refractivity contribution in [2.75, 3.05) is 32.8 Å². The van der Waals surface area contributed by atoms with Crippen LogP contribution in [0.15, 0.2) is 72.8 Å². The number of rotatable bonds is 8. The smallest absolute Gasteiger partial charge is 0.272 e. The van der Waals surface area contributed by atoms with Crippen LogP contribution in [-0.2, 0) is 32.2 Å². The SMILES string of the molecule is O=C(NCc1ccccc1-c1ccc([C@@H]2O[C@H](CN3CCOCC3)C[C@H](c3ccc(CO)cc3)O2)cc1)C(Cl)(Cl)Cl. The second kappa shape index (κ2) is 13.8. The molecule has 2 saturated heterocycles. The van der Waals surface area contributed by atoms with Crippen LogP contribution in [0.4, 0.5) is 0 Å². The van der Waals surface area contributed by atoms with Crippen molar-refractivity contribution in [2.24, 2.45) is 0 Å². The molecule has 2 N–H and O–H groups in total. The van der Waals surface area contributed by atoms with E-state index in [1.165, 1.54) is 0 Å². The van der Waals surface area contributed by atoms with E-state index in [9.17, 15) is 9.90 Å². The molecule has 1 amide bonds. The molecule has 2 fully saturated rings. The molecule has 7 nitrogen and oxygen atoms in total. The van der Waals surface area contributed by atoms with Crippen molar-refractivity contribution in [1.29, 1.82) is 0 Å². The molecule has 5 rings (SSSR count). The van der Waals surface area contributed by atoms with Gasteiger partial charge in [0.25, 0.3) is 9.70 Å². The van der Waals surface area contributed by atoms with E-state index in [0.29, 0.717) is 0 Å². The van der Waals surface area contributed by atoms with Crippen LogP contribution in [0.25, 0.3) is 11.1 Å². The number of hydrogen-bond donors (Lipinski definition) is 2. The number of nitrogens with one attached hydrogen (secondary N) is 1. The minimum Gasteiger partial charge on any atom is -0.392 e. The second-order valence-electron chi connectivity index (χ2n) is 10.2. The highest BCUT2D eigenvalue weighted by Gasteiger charge is 2.34. The first-order valence-corrected chi connectivity index (χ1v) is 14.8. The summed E-state index contributed by atoms with van der Waals surface area (Å²) in [6.07, 6.45) is 0.0356. The summed E-state index contributed by atoms with van der Waals surface area (Å²) in [7, 11) is 0. The summed E-state index contributed by atoms with van der Waals surface area (Å²) in [6, 6.07) is 23.7. The fraction of sp³-hybridized carbons (Fsp3) is 0.387. The average Bonchev–Trinajstić information content (AvgIpc) is 3.00. The molecule has 3 aromatic carbocycles. The molecule has 3 atom stereocenters. The number of benzene rings is 3. The molecule has 0 spiro atoms. The van der Waals surface area contributed by atoms with Crippen LogP contribution >= 0.6 is 34.8 Å². The van der Waals surface area contributed by atoms with Gasteiger partial charge in [0.05, 0.1) is 32.0 Å². The number of carbonyl (C=O) groups is 1. The van der Waals surface area contributed by atoms with Gasteiger partial charge in [0.2, 0.25) is 0 Å². The molecule has 10 heteroatoms. The molecule has 0 aromatic heterocycles. The van der Waals surface area contributed by atoms with E-state index in [4.69, 9.17) is 49.0 Å². The largest absolute Gasteiger partial charge is 0.392 e. The van der Waals surface area contributed by atoms with Gasteiger partial charge < -0.3 is 24.6 Å². The summed E-state index contributed by atoms with van der Waals surface area (Å²) in [4.78, 5) is 14.4. The minimum absolute atomic E-state index is 0.00590. The zero-order chi connectivity index (χ0) is 28.8. The zero-order valence-electron chi connectivity index (χ0n) is 22.5. The van der Waals surface area contributed by atoms with Crippen molar-refractivity contribution in [3.63, 3.8) is 0 Å². The van der Waals surface area contributed by atoms with Crippen molar-refractivity contribution in [3.8, 4) is 11.1 Å². The van der Waals surface area contributed by atoms with Gasteiger partial charge in [-0.15, -0.1) is 0 Å². The summed E-state index contributed by atoms with van der Waals surface area (Å²) in [5.41, 5.74) is 5.67. The first-order valence-electron chi connectivity index (χ1n) is 13.6. The Labute approximate surface area is 255 Å². The molecular weight excluding hydrogens is 587 g/mol. The van der Waals surface area contributed by atoms with Crippen LogP contribution in [0.5, 0.6) is 0 Å². The number of carbonyl (C=O) groups excluding carboxylic acids is 1. The number of alkyl halides is 3. The van der Waals surface area contributed by atoms with Crippen LogP contribution < -0.4 is 5.32 Å². The van der Waals surface area contributed by atoms with E-state index in [2.05, 4.69) is 10.2 Å². The Kier molecular flexibility index (Phi) is 10.2. The van der Waals surface area contributed by atoms with E-state index >= 15 is 0 Å². The highest BCUT2D eigenvalue weighted by molar-refractivity contribution is 6.76. The number of ether oxygens (including phenoxy) is 3. The summed E-state index contributed by atoms with van der Waals surface area (Å²) >= 11 is 17.1. The number of halogens is 3. The first-order chi connectivity index (χ1) is 19.8. The van der Waals surface area contributed by atoms with Crippen LogP contribution in [-0.4, -0.2) is 58.7 Å². The van der Waals surface area contributed by atoms with Crippen molar-refractivity contribution in [2.45, 2.75) is 41.9 Å². The van der Waals surface area contributed by atoms with Gasteiger partial charge in [-0.05, 0) is 27.8 Å². The van der Waals surface area contributed by atoms with Gasteiger partial charge in [-0.25, -0.2) is 0 Å². The number of amides is 1. The Morgan fingerprint density at radius 3 is 2.29 bits per heavy atom. The fourth-order valence-corrected chi connectivity index (χ4v) is 5.36. The number of morpholine rings is 1. The normalized spacial score (nSPS) is 21.9. The molecule has 0 bridgehead atoms. The Morgan fingerprint density at radius 1 is 0.927 bits per heavy atom. The lowest BCUT2D eigenvalue weighted by Gasteiger charge is -2.39. The third-order valence-corrected chi connectivity index (χ3v) is 7.90. The predicted octanol–water partition coefficient (Wildman–Crippen LogP) is 5.71. The Balaban J connectivity index is 1.34. The van der Waals surface area contributed by atoms with Gasteiger partial charge in [-0.2, -0.15) is 0 Å². The lowest BCUT2D eigenvalue weighted by atomic mass is 9.97. The number of nitrogens with zero attached hydrogens (tertiary/aromatic N) is 1. The summed E-state index contributed by atoms with van der Waals surface area (Å²) < 4.78 is 16.5. The highest BCUT2D eigenvalue weighted by atomic mass is 35.6. The monoisotopic (exact) mass is 618 g/mol. The molecule has 3 aromatic rings. The molecule has 2 aliphatic rings. The highest BCUT2D eigenvalue weighted by Crippen LogP contribution is 2.39. The molecule has 218 valence electrons. The summed E-state index contributed by atoms with van der Waals surface area (Å²) in [6.45, 7) is 4.27. The third kappa shape index (κ3) is 8.00. The fourth-order valence-electron chi connectivity index (χ4n) is 5.16. The molecular formula is C31H33Cl3N2O5. The van der Waals surface area contributed by atoms with Crippen LogP contribution in [0.3, 0.4) is 0 Å². The third-order valence-electron chi connectivity index (χ3n) is 7.39. The standard InChI is InChI=1S/C31H33Cl3N2O5/c32-31(33,34)30(38)35-18-25-3-1-2-4-27(25)22-9-11-24(12-10-22)29-40-26(19-36-13-15-39-16-14-36)17-28(41-29)23-7-5-21(20-37)6-8-23/h1-12,26,28-29,37H,13-20H2,(H,35,38)/t26-,28+,29+/m0/s1. The van der Waals surface area contributed by atoms with Crippen molar-refractivity contribution >= 4 is 40.7 Å². The van der Waals surface area contributed by atoms with Gasteiger partial charge in [0.15, 0.2) is 6.29 Å². The molecule has 0 unspecified atom stereocenters. The Bertz CT molecular complexity index is 1290. The Hall–Kier alpha value is -2.20. The maximum absolute atomic E-state index is 12.1. The molecule has 41 heavy (non-hydrogen) atoms. The summed E-state index contributed by atoms with van der Waals surface area (Å²) in [5.74, 6) is -0.675. The predicted molar refractivity (Wildman–Crippen MR) is 160 cm³/mol. The van der Waals surface area contributed by atoms with Gasteiger partial charge in [0.1, 0.15) is 0 Å². The molecule has 0 aliphatic carbocycles. The summed E-state index contributed by atoms with van der Waals surface area (Å²) in [5, 5.41) is 12.1. The lowest BCUT2D eigenvalue weighted by Crippen LogP contribution is -2.44. The zero-order valence-corrected chi connectivity index (χ0v) is 24.7. The van der Waals surface area contributed by atoms with Crippen LogP contribution in [0, 0.1) is 0 Å². The van der Waals surface area contributed by atoms with Crippen molar-refractivity contribution in [1.82, 2.24) is 10.2 Å². The van der Waals surface area contributed by atoms with Crippen molar-refractivity contribution < 1.29 is 24.1 Å². The van der Waals surface area contributed by atoms with Gasteiger partial charge in [0, 0.05) is 38.2 Å². The van der Waals surface area contributed by atoms with E-state index in [1.807, 2.05) is 72.8 Å². The quantitative estimate of drug-likeness (QED) is 0.315. The first kappa shape index (κ1) is 30.3. The van der Waals surface area contributed by atoms with Gasteiger partial charge in [-0.1, -0.05) is 108 Å². The van der Waals surface area contributed by atoms with E-state index in [-0.39, 0.29) is 25.4 Å². The van der Waals surface area contributed by atoms with E-state index < -0.39 is 16.0 Å². The maximum Gasteiger partial charge on any atom is 0.272 e. The molecule has 2 aliphatic heterocycles. The maximum atomic E-state index is 12.1. The number of aliphatic hydroxyl groups is 1. The van der Waals surface area contributed by atoms with Crippen LogP contribution in [0.1, 0.15) is 41.1 Å². The van der Waals surface area contributed by atoms with Crippen molar-refractivity contribution in [3.05, 3.63) is 95.1 Å². The van der Waals surface area contributed by atoms with E-state index in [0.717, 1.165) is 72.6 Å². The van der Waals surface area contributed by atoms with Gasteiger partial charge in [-0.3, -0.25) is 9.69 Å². The number of hydrogen-bond acceptors (Lipinski definition) is 6. The minimum atomic E-state index is -2.02. The van der Waals surface area contributed by atoms with Crippen LogP contribution in [0.2, 0.25) is 0 Å². The Morgan fingerprint density at radius 2 is 1.61 bits per heavy atom. The van der Waals surface area contributed by atoms with Gasteiger partial charge >= 0.3 is 0 Å². The topological polar surface area (TPSA) is 80.3 Å². The lowest BCUT2D eigenvalue weighted by molar-refractivity contribution is -0.253. The molecule has 0 saturated carbocycles. The van der Waals surface area contributed by atoms with E-state index in [1.54, 1.807) is 0 Å². The number of aliphatic hydroxyl groups excluding tert-OH is 1. The second-order valence-corrected chi connectivity index (χ2v) is 12.5. The molecule has 2 heterocycles. The molecule has 0 radical (unpaired) electrons.